The molecule has 5 unspecified atom stereocenters. The van der Waals surface area contributed by atoms with Crippen LogP contribution in [-0.2, 0) is 14.3 Å². The molecule has 0 spiro atoms. The minimum Gasteiger partial charge on any atom is -0.461 e. The molecule has 1 saturated carbocycles. The Morgan fingerprint density at radius 1 is 1.30 bits per heavy atom. The summed E-state index contributed by atoms with van der Waals surface area (Å²) in [6.45, 7) is 4.80. The van der Waals surface area contributed by atoms with Crippen molar-refractivity contribution >= 4 is 17.7 Å². The number of hydrazine groups is 1. The van der Waals surface area contributed by atoms with Crippen molar-refractivity contribution in [1.29, 1.82) is 0 Å². The zero-order valence-electron chi connectivity index (χ0n) is 17.8. The van der Waals surface area contributed by atoms with E-state index in [1.807, 2.05) is 12.5 Å². The lowest BCUT2D eigenvalue weighted by atomic mass is 9.68. The minimum atomic E-state index is -2.23. The van der Waals surface area contributed by atoms with Crippen LogP contribution >= 0.6 is 0 Å². The molecule has 0 aromatic heterocycles. The summed E-state index contributed by atoms with van der Waals surface area (Å²) in [4.78, 5) is 24.2. The third-order valence-corrected chi connectivity index (χ3v) is 6.03. The van der Waals surface area contributed by atoms with Gasteiger partial charge in [-0.15, -0.1) is 5.10 Å². The molecule has 0 radical (unpaired) electrons. The van der Waals surface area contributed by atoms with Crippen molar-refractivity contribution in [2.45, 2.75) is 70.3 Å². The van der Waals surface area contributed by atoms with Crippen LogP contribution in [0.5, 0.6) is 0 Å². The van der Waals surface area contributed by atoms with Gasteiger partial charge in [0.1, 0.15) is 12.1 Å². The molecule has 2 aliphatic rings. The average Bonchev–Trinajstić information content (AvgIpc) is 2.67. The molecule has 9 N–H and O–H groups in total. The molecule has 0 aromatic carbocycles. The summed E-state index contributed by atoms with van der Waals surface area (Å²) in [6.07, 6.45) is 2.84. The van der Waals surface area contributed by atoms with Crippen LogP contribution in [0.1, 0.15) is 52.4 Å². The molecule has 1 heterocycles. The van der Waals surface area contributed by atoms with E-state index in [-0.39, 0.29) is 42.4 Å². The van der Waals surface area contributed by atoms with E-state index in [4.69, 9.17) is 16.3 Å². The number of nitrogens with zero attached hydrogens (tertiary/aromatic N) is 1. The number of rotatable bonds is 9. The lowest BCUT2D eigenvalue weighted by Gasteiger charge is -2.43. The van der Waals surface area contributed by atoms with E-state index in [0.29, 0.717) is 25.4 Å². The summed E-state index contributed by atoms with van der Waals surface area (Å²) in [6, 6.07) is -0.428. The topological polar surface area (TPSA) is 184 Å². The molecule has 5 atom stereocenters. The summed E-state index contributed by atoms with van der Waals surface area (Å²) < 4.78 is 5.46. The molecular formula is C19H36N6O5. The molecule has 172 valence electrons. The van der Waals surface area contributed by atoms with Crippen LogP contribution in [0, 0.1) is 17.8 Å². The number of hydrogen-bond donors (Lipinski definition) is 7. The maximum Gasteiger partial charge on any atom is 0.323 e. The summed E-state index contributed by atoms with van der Waals surface area (Å²) >= 11 is 0. The molecule has 2 rings (SSSR count). The Bertz CT molecular complexity index is 629. The van der Waals surface area contributed by atoms with Crippen molar-refractivity contribution < 1.29 is 24.5 Å². The standard InChI is InChI=1S/C19H36N6O5/c1-3-22-16(26)6-11(2)30-17(27)15-8-14-7-12(4-5-13(14)10-23-15)9-19(28,29)18(20)24-25-21/h11-15,23,25,28-29H,3-10,21H2,1-2H3,(H2,20,24)(H,22,26). The van der Waals surface area contributed by atoms with Gasteiger partial charge >= 0.3 is 5.97 Å². The van der Waals surface area contributed by atoms with E-state index in [2.05, 4.69) is 15.7 Å². The predicted octanol–water partition coefficient (Wildman–Crippen LogP) is -1.35. The number of esters is 1. The van der Waals surface area contributed by atoms with Gasteiger partial charge in [0.05, 0.1) is 6.42 Å². The SMILES string of the molecule is CCNC(=O)CC(C)OC(=O)C1CC2CC(CC(O)(O)/C(N)=N/NN)CCC2CN1. The van der Waals surface area contributed by atoms with Gasteiger partial charge in [0.2, 0.25) is 11.7 Å². The quantitative estimate of drug-likeness (QED) is 0.0582. The highest BCUT2D eigenvalue weighted by Gasteiger charge is 2.41. The van der Waals surface area contributed by atoms with Crippen LogP contribution in [0.2, 0.25) is 0 Å². The maximum absolute atomic E-state index is 12.5. The Morgan fingerprint density at radius 2 is 2.03 bits per heavy atom. The average molecular weight is 429 g/mol. The number of hydrazone groups is 1. The van der Waals surface area contributed by atoms with Crippen LogP contribution in [0.4, 0.5) is 0 Å². The van der Waals surface area contributed by atoms with Gasteiger partial charge in [0.15, 0.2) is 5.84 Å². The first-order valence-corrected chi connectivity index (χ1v) is 10.6. The van der Waals surface area contributed by atoms with Crippen molar-refractivity contribution in [3.63, 3.8) is 0 Å². The second kappa shape index (κ2) is 10.9. The molecule has 11 heteroatoms. The van der Waals surface area contributed by atoms with E-state index in [0.717, 1.165) is 19.3 Å². The second-order valence-corrected chi connectivity index (χ2v) is 8.45. The van der Waals surface area contributed by atoms with Gasteiger partial charge in [-0.25, -0.2) is 11.4 Å². The molecule has 30 heavy (non-hydrogen) atoms. The largest absolute Gasteiger partial charge is 0.461 e. The summed E-state index contributed by atoms with van der Waals surface area (Å²) in [7, 11) is 0. The van der Waals surface area contributed by atoms with E-state index < -0.39 is 17.9 Å². The normalized spacial score (nSPS) is 28.2. The van der Waals surface area contributed by atoms with Crippen LogP contribution in [0.3, 0.4) is 0 Å². The molecule has 0 aromatic rings. The van der Waals surface area contributed by atoms with Crippen molar-refractivity contribution in [2.24, 2.45) is 34.4 Å². The minimum absolute atomic E-state index is 0.0409. The fraction of sp³-hybridized carbons (Fsp3) is 0.842. The molecule has 1 aliphatic carbocycles. The Hall–Kier alpha value is -1.95. The van der Waals surface area contributed by atoms with Crippen molar-refractivity contribution in [2.75, 3.05) is 13.1 Å². The number of aliphatic hydroxyl groups is 2. The van der Waals surface area contributed by atoms with Crippen LogP contribution < -0.4 is 27.7 Å². The molecular weight excluding hydrogens is 392 g/mol. The number of amides is 1. The number of nitrogens with two attached hydrogens (primary N) is 2. The second-order valence-electron chi connectivity index (χ2n) is 8.45. The van der Waals surface area contributed by atoms with E-state index in [1.165, 1.54) is 0 Å². The smallest absolute Gasteiger partial charge is 0.323 e. The Balaban J connectivity index is 1.88. The first-order chi connectivity index (χ1) is 14.2. The summed E-state index contributed by atoms with van der Waals surface area (Å²) in [5, 5.41) is 29.8. The van der Waals surface area contributed by atoms with Crippen LogP contribution in [0.25, 0.3) is 0 Å². The van der Waals surface area contributed by atoms with Gasteiger partial charge in [-0.2, -0.15) is 0 Å². The van der Waals surface area contributed by atoms with E-state index >= 15 is 0 Å². The van der Waals surface area contributed by atoms with Gasteiger partial charge in [-0.05, 0) is 63.8 Å². The highest BCUT2D eigenvalue weighted by molar-refractivity contribution is 5.86. The number of carbonyl (C=O) groups excluding carboxylic acids is 2. The zero-order chi connectivity index (χ0) is 22.3. The highest BCUT2D eigenvalue weighted by Crippen LogP contribution is 2.41. The number of fused-ring (bicyclic) bond motifs is 1. The third kappa shape index (κ3) is 6.79. The van der Waals surface area contributed by atoms with Gasteiger partial charge in [0.25, 0.3) is 0 Å². The fourth-order valence-corrected chi connectivity index (χ4v) is 4.54. The number of hydrogen-bond acceptors (Lipinski definition) is 9. The third-order valence-electron chi connectivity index (χ3n) is 6.03. The zero-order valence-corrected chi connectivity index (χ0v) is 17.8. The van der Waals surface area contributed by atoms with Gasteiger partial charge < -0.3 is 31.3 Å². The lowest BCUT2D eigenvalue weighted by Crippen LogP contribution is -2.52. The van der Waals surface area contributed by atoms with Crippen LogP contribution in [-0.4, -0.2) is 58.9 Å². The van der Waals surface area contributed by atoms with Gasteiger partial charge in [-0.1, -0.05) is 0 Å². The van der Waals surface area contributed by atoms with Crippen molar-refractivity contribution in [3.05, 3.63) is 0 Å². The van der Waals surface area contributed by atoms with Gasteiger partial charge in [0, 0.05) is 13.0 Å². The fourth-order valence-electron chi connectivity index (χ4n) is 4.54. The maximum atomic E-state index is 12.5. The van der Waals surface area contributed by atoms with E-state index in [1.54, 1.807) is 6.92 Å². The lowest BCUT2D eigenvalue weighted by molar-refractivity contribution is -0.154. The molecule has 1 aliphatic heterocycles. The first kappa shape index (κ1) is 24.3. The highest BCUT2D eigenvalue weighted by atomic mass is 16.5. The van der Waals surface area contributed by atoms with Crippen molar-refractivity contribution in [1.82, 2.24) is 16.2 Å². The first-order valence-electron chi connectivity index (χ1n) is 10.6. The molecule has 2 fully saturated rings. The number of nitrogens with one attached hydrogen (secondary N) is 3. The predicted molar refractivity (Wildman–Crippen MR) is 110 cm³/mol. The molecule has 0 bridgehead atoms. The molecule has 1 amide bonds. The Morgan fingerprint density at radius 3 is 2.70 bits per heavy atom. The summed E-state index contributed by atoms with van der Waals surface area (Å²) in [5.74, 6) is 2.69. The molecule has 1 saturated heterocycles. The van der Waals surface area contributed by atoms with Crippen molar-refractivity contribution in [3.8, 4) is 0 Å². The number of carbonyl (C=O) groups is 2. The van der Waals surface area contributed by atoms with Gasteiger partial charge in [-0.3, -0.25) is 9.59 Å². The van der Waals surface area contributed by atoms with Crippen LogP contribution in [0.15, 0.2) is 5.10 Å². The molecule has 11 nitrogen and oxygen atoms in total. The number of piperidine rings is 1. The Kier molecular flexibility index (Phi) is 8.83. The summed E-state index contributed by atoms with van der Waals surface area (Å²) in [5.41, 5.74) is 7.55. The monoisotopic (exact) mass is 428 g/mol. The Labute approximate surface area is 176 Å². The number of ether oxygens (including phenoxy) is 1. The number of amidine groups is 1. The van der Waals surface area contributed by atoms with E-state index in [9.17, 15) is 19.8 Å².